The van der Waals surface area contributed by atoms with Gasteiger partial charge in [-0.1, -0.05) is 30.8 Å². The molecule has 0 saturated heterocycles. The Kier molecular flexibility index (Phi) is 4.31. The van der Waals surface area contributed by atoms with Crippen LogP contribution in [0.15, 0.2) is 61.4 Å². The molecule has 25 heavy (non-hydrogen) atoms. The smallest absolute Gasteiger partial charge is 0.329 e. The van der Waals surface area contributed by atoms with Crippen LogP contribution in [-0.4, -0.2) is 15.7 Å². The number of nitrogens with zero attached hydrogens (tertiary/aromatic N) is 2. The summed E-state index contributed by atoms with van der Waals surface area (Å²) < 4.78 is 39.5. The average molecular weight is 345 g/mol. The quantitative estimate of drug-likeness (QED) is 0.778. The molecule has 0 spiro atoms. The van der Waals surface area contributed by atoms with Gasteiger partial charge in [-0.15, -0.1) is 0 Å². The van der Waals surface area contributed by atoms with E-state index in [2.05, 4.69) is 17.0 Å². The lowest BCUT2D eigenvalue weighted by Crippen LogP contribution is -2.18. The van der Waals surface area contributed by atoms with Crippen molar-refractivity contribution in [2.45, 2.75) is 12.7 Å². The summed E-state index contributed by atoms with van der Waals surface area (Å²) in [4.78, 5) is 12.2. The van der Waals surface area contributed by atoms with Gasteiger partial charge in [-0.2, -0.15) is 18.3 Å². The van der Waals surface area contributed by atoms with Crippen LogP contribution in [0, 0.1) is 0 Å². The van der Waals surface area contributed by atoms with E-state index in [0.29, 0.717) is 16.6 Å². The Hall–Kier alpha value is -3.09. The fraction of sp³-hybridized carbons (Fsp3) is 0.111. The van der Waals surface area contributed by atoms with E-state index in [1.807, 2.05) is 6.07 Å². The molecule has 4 nitrogen and oxygen atoms in total. The van der Waals surface area contributed by atoms with Crippen LogP contribution in [0.3, 0.4) is 0 Å². The van der Waals surface area contributed by atoms with Crippen LogP contribution in [0.5, 0.6) is 0 Å². The van der Waals surface area contributed by atoms with Gasteiger partial charge in [-0.25, -0.2) is 0 Å². The molecule has 0 aliphatic heterocycles. The van der Waals surface area contributed by atoms with Crippen molar-refractivity contribution in [1.29, 1.82) is 0 Å². The second kappa shape index (κ2) is 6.43. The summed E-state index contributed by atoms with van der Waals surface area (Å²) >= 11 is 0. The topological polar surface area (TPSA) is 46.9 Å². The molecule has 1 amide bonds. The fourth-order valence-corrected chi connectivity index (χ4v) is 2.59. The molecule has 7 heteroatoms. The molecular formula is C18H14F3N3O. The fourth-order valence-electron chi connectivity index (χ4n) is 2.59. The maximum absolute atomic E-state index is 12.6. The Morgan fingerprint density at radius 1 is 1.20 bits per heavy atom. The highest BCUT2D eigenvalue weighted by Gasteiger charge is 2.29. The lowest BCUT2D eigenvalue weighted by Gasteiger charge is -2.10. The van der Waals surface area contributed by atoms with E-state index in [-0.39, 0.29) is 12.5 Å². The van der Waals surface area contributed by atoms with E-state index in [0.717, 1.165) is 17.5 Å². The van der Waals surface area contributed by atoms with E-state index in [4.69, 9.17) is 0 Å². The number of para-hydroxylation sites is 1. The van der Waals surface area contributed by atoms with Crippen LogP contribution >= 0.6 is 0 Å². The molecule has 1 N–H and O–H groups in total. The maximum atomic E-state index is 12.6. The number of halogens is 3. The molecule has 3 rings (SSSR count). The van der Waals surface area contributed by atoms with Crippen molar-refractivity contribution in [2.24, 2.45) is 0 Å². The Bertz CT molecular complexity index is 927. The van der Waals surface area contributed by atoms with E-state index >= 15 is 0 Å². The van der Waals surface area contributed by atoms with Crippen LogP contribution in [0.1, 0.15) is 21.5 Å². The van der Waals surface area contributed by atoms with Gasteiger partial charge in [0.2, 0.25) is 0 Å². The predicted octanol–water partition coefficient (Wildman–Crippen LogP) is 3.98. The summed E-state index contributed by atoms with van der Waals surface area (Å²) in [5.41, 5.74) is 0.980. The number of hydrogen-bond donors (Lipinski definition) is 1. The Balaban J connectivity index is 1.97. The number of hydrogen-bond acceptors (Lipinski definition) is 2. The van der Waals surface area contributed by atoms with Gasteiger partial charge in [0.05, 0.1) is 29.4 Å². The number of rotatable bonds is 4. The summed E-state index contributed by atoms with van der Waals surface area (Å²) in [6.07, 6.45) is -1.46. The van der Waals surface area contributed by atoms with Gasteiger partial charge in [0.25, 0.3) is 5.91 Å². The van der Waals surface area contributed by atoms with Crippen molar-refractivity contribution in [1.82, 2.24) is 15.1 Å². The second-order valence-corrected chi connectivity index (χ2v) is 5.42. The number of carbonyl (C=O) groups excluding carboxylic acids is 1. The normalized spacial score (nSPS) is 11.5. The molecule has 1 heterocycles. The first-order valence-electron chi connectivity index (χ1n) is 7.42. The monoisotopic (exact) mass is 345 g/mol. The molecule has 0 aliphatic rings. The number of benzene rings is 2. The minimum atomic E-state index is -4.37. The van der Waals surface area contributed by atoms with Crippen molar-refractivity contribution >= 4 is 16.8 Å². The lowest BCUT2D eigenvalue weighted by molar-refractivity contribution is -0.137. The zero-order valence-corrected chi connectivity index (χ0v) is 13.0. The summed E-state index contributed by atoms with van der Waals surface area (Å²) in [7, 11) is 0. The van der Waals surface area contributed by atoms with Gasteiger partial charge < -0.3 is 5.32 Å². The lowest BCUT2D eigenvalue weighted by atomic mass is 10.1. The highest BCUT2D eigenvalue weighted by atomic mass is 19.4. The number of amides is 1. The van der Waals surface area contributed by atoms with Gasteiger partial charge >= 0.3 is 6.18 Å². The zero-order chi connectivity index (χ0) is 18.0. The molecule has 1 aromatic heterocycles. The predicted molar refractivity (Wildman–Crippen MR) is 87.9 cm³/mol. The Morgan fingerprint density at radius 2 is 1.92 bits per heavy atom. The summed E-state index contributed by atoms with van der Waals surface area (Å²) in [6, 6.07) is 10.1. The highest BCUT2D eigenvalue weighted by molar-refractivity contribution is 6.06. The largest absolute Gasteiger partial charge is 0.416 e. The van der Waals surface area contributed by atoms with Crippen molar-refractivity contribution in [3.63, 3.8) is 0 Å². The van der Waals surface area contributed by atoms with Crippen LogP contribution in [0.2, 0.25) is 0 Å². The first-order chi connectivity index (χ1) is 11.9. The van der Waals surface area contributed by atoms with Crippen molar-refractivity contribution < 1.29 is 18.0 Å². The van der Waals surface area contributed by atoms with Gasteiger partial charge in [0.1, 0.15) is 0 Å². The molecule has 2 aromatic carbocycles. The highest BCUT2D eigenvalue weighted by Crippen LogP contribution is 2.29. The van der Waals surface area contributed by atoms with Gasteiger partial charge in [0, 0.05) is 5.39 Å². The number of fused-ring (bicyclic) bond motifs is 1. The summed E-state index contributed by atoms with van der Waals surface area (Å²) in [6.45, 7) is 3.72. The molecule has 0 bridgehead atoms. The number of aromatic nitrogens is 2. The van der Waals surface area contributed by atoms with Gasteiger partial charge in [-0.05, 0) is 30.0 Å². The van der Waals surface area contributed by atoms with E-state index < -0.39 is 11.7 Å². The maximum Gasteiger partial charge on any atom is 0.416 e. The SMILES string of the molecule is C=CNC(=O)c1cccc2cnn(Cc3ccc(C(F)(F)F)cc3)c12. The molecule has 0 aliphatic carbocycles. The summed E-state index contributed by atoms with van der Waals surface area (Å²) in [5, 5.41) is 7.54. The summed E-state index contributed by atoms with van der Waals surface area (Å²) in [5.74, 6) is -0.324. The van der Waals surface area contributed by atoms with Crippen molar-refractivity contribution in [2.75, 3.05) is 0 Å². The average Bonchev–Trinajstić information content (AvgIpc) is 2.98. The van der Waals surface area contributed by atoms with Crippen LogP contribution in [0.25, 0.3) is 10.9 Å². The molecule has 0 radical (unpaired) electrons. The van der Waals surface area contributed by atoms with Crippen molar-refractivity contribution in [3.05, 3.63) is 78.1 Å². The van der Waals surface area contributed by atoms with Crippen LogP contribution in [0.4, 0.5) is 13.2 Å². The third-order valence-electron chi connectivity index (χ3n) is 3.75. The molecular weight excluding hydrogens is 331 g/mol. The standard InChI is InChI=1S/C18H14F3N3O/c1-2-22-17(25)15-5-3-4-13-10-23-24(16(13)15)11-12-6-8-14(9-7-12)18(19,20)21/h2-10H,1,11H2,(H,22,25). The zero-order valence-electron chi connectivity index (χ0n) is 13.0. The van der Waals surface area contributed by atoms with E-state index in [1.165, 1.54) is 18.3 Å². The van der Waals surface area contributed by atoms with Gasteiger partial charge in [-0.3, -0.25) is 9.48 Å². The molecule has 128 valence electrons. The van der Waals surface area contributed by atoms with E-state index in [9.17, 15) is 18.0 Å². The third kappa shape index (κ3) is 3.40. The second-order valence-electron chi connectivity index (χ2n) is 5.42. The van der Waals surface area contributed by atoms with Crippen LogP contribution < -0.4 is 5.32 Å². The number of alkyl halides is 3. The van der Waals surface area contributed by atoms with Crippen molar-refractivity contribution in [3.8, 4) is 0 Å². The molecule has 0 fully saturated rings. The van der Waals surface area contributed by atoms with Gasteiger partial charge in [0.15, 0.2) is 0 Å². The number of carbonyl (C=O) groups is 1. The first-order valence-corrected chi connectivity index (χ1v) is 7.42. The minimum absolute atomic E-state index is 0.250. The Labute approximate surface area is 141 Å². The van der Waals surface area contributed by atoms with E-state index in [1.54, 1.807) is 23.0 Å². The van der Waals surface area contributed by atoms with Crippen LogP contribution in [-0.2, 0) is 12.7 Å². The molecule has 0 saturated carbocycles. The first kappa shape index (κ1) is 16.8. The minimum Gasteiger partial charge on any atom is -0.329 e. The number of nitrogens with one attached hydrogen (secondary N) is 1. The third-order valence-corrected chi connectivity index (χ3v) is 3.75. The molecule has 3 aromatic rings. The molecule has 0 unspecified atom stereocenters. The Morgan fingerprint density at radius 3 is 2.56 bits per heavy atom. The molecule has 0 atom stereocenters.